The van der Waals surface area contributed by atoms with Crippen LogP contribution in [0, 0.1) is 0 Å². The van der Waals surface area contributed by atoms with Crippen LogP contribution in [0.4, 0.5) is 11.4 Å². The third-order valence-electron chi connectivity index (χ3n) is 3.40. The van der Waals surface area contributed by atoms with Crippen LogP contribution in [0.1, 0.15) is 29.3 Å². The highest BCUT2D eigenvalue weighted by molar-refractivity contribution is 6.00. The van der Waals surface area contributed by atoms with Gasteiger partial charge in [-0.15, -0.1) is 0 Å². The second-order valence-corrected chi connectivity index (χ2v) is 5.22. The van der Waals surface area contributed by atoms with Crippen LogP contribution in [0.5, 0.6) is 0 Å². The molecule has 0 radical (unpaired) electrons. The van der Waals surface area contributed by atoms with Gasteiger partial charge in [-0.2, -0.15) is 0 Å². The van der Waals surface area contributed by atoms with Crippen molar-refractivity contribution in [1.82, 2.24) is 5.32 Å². The van der Waals surface area contributed by atoms with Gasteiger partial charge < -0.3 is 16.4 Å². The van der Waals surface area contributed by atoms with E-state index in [1.165, 1.54) is 5.56 Å². The summed E-state index contributed by atoms with van der Waals surface area (Å²) in [6, 6.07) is 15.6. The summed E-state index contributed by atoms with van der Waals surface area (Å²) >= 11 is 0. The van der Waals surface area contributed by atoms with Crippen molar-refractivity contribution < 1.29 is 4.79 Å². The number of carbonyl (C=O) groups excluding carboxylic acids is 1. The Morgan fingerprint density at radius 3 is 2.59 bits per heavy atom. The predicted octanol–water partition coefficient (Wildman–Crippen LogP) is 3.06. The molecule has 0 aliphatic heterocycles. The van der Waals surface area contributed by atoms with Crippen LogP contribution in [-0.2, 0) is 6.42 Å². The minimum absolute atomic E-state index is 0.0867. The van der Waals surface area contributed by atoms with Crippen LogP contribution in [0.3, 0.4) is 0 Å². The number of hydrogen-bond acceptors (Lipinski definition) is 3. The number of nitrogens with one attached hydrogen (secondary N) is 2. The van der Waals surface area contributed by atoms with Gasteiger partial charge in [0.1, 0.15) is 0 Å². The standard InChI is InChI=1S/C18H23N3O/c1-2-11-21-18(22)16-13-15(19)8-9-17(16)20-12-10-14-6-4-3-5-7-14/h3-9,13,20H,2,10-12,19H2,1H3,(H,21,22). The van der Waals surface area contributed by atoms with E-state index >= 15 is 0 Å². The zero-order valence-electron chi connectivity index (χ0n) is 12.9. The summed E-state index contributed by atoms with van der Waals surface area (Å²) in [5.41, 5.74) is 9.08. The maximum absolute atomic E-state index is 12.2. The second kappa shape index (κ2) is 8.08. The second-order valence-electron chi connectivity index (χ2n) is 5.22. The molecule has 0 saturated carbocycles. The van der Waals surface area contributed by atoms with Gasteiger partial charge in [-0.25, -0.2) is 0 Å². The SMILES string of the molecule is CCCNC(=O)c1cc(N)ccc1NCCc1ccccc1. The zero-order valence-corrected chi connectivity index (χ0v) is 12.9. The first-order valence-corrected chi connectivity index (χ1v) is 7.66. The highest BCUT2D eigenvalue weighted by Crippen LogP contribution is 2.19. The fourth-order valence-electron chi connectivity index (χ4n) is 2.22. The quantitative estimate of drug-likeness (QED) is 0.688. The number of hydrogen-bond donors (Lipinski definition) is 3. The van der Waals surface area contributed by atoms with Crippen molar-refractivity contribution in [3.8, 4) is 0 Å². The van der Waals surface area contributed by atoms with Crippen molar-refractivity contribution in [2.75, 3.05) is 24.1 Å². The van der Waals surface area contributed by atoms with Crippen molar-refractivity contribution in [1.29, 1.82) is 0 Å². The summed E-state index contributed by atoms with van der Waals surface area (Å²) in [6.07, 6.45) is 1.81. The summed E-state index contributed by atoms with van der Waals surface area (Å²) in [6.45, 7) is 3.46. The van der Waals surface area contributed by atoms with E-state index in [0.717, 1.165) is 25.1 Å². The zero-order chi connectivity index (χ0) is 15.8. The van der Waals surface area contributed by atoms with E-state index in [-0.39, 0.29) is 5.91 Å². The molecule has 0 fully saturated rings. The van der Waals surface area contributed by atoms with Gasteiger partial charge >= 0.3 is 0 Å². The van der Waals surface area contributed by atoms with E-state index in [2.05, 4.69) is 22.8 Å². The molecule has 2 rings (SSSR count). The van der Waals surface area contributed by atoms with Crippen molar-refractivity contribution in [3.05, 3.63) is 59.7 Å². The Labute approximate surface area is 131 Å². The van der Waals surface area contributed by atoms with Gasteiger partial charge in [-0.1, -0.05) is 37.3 Å². The molecule has 4 nitrogen and oxygen atoms in total. The van der Waals surface area contributed by atoms with E-state index in [4.69, 9.17) is 5.73 Å². The summed E-state index contributed by atoms with van der Waals surface area (Å²) in [4.78, 5) is 12.2. The highest BCUT2D eigenvalue weighted by atomic mass is 16.1. The Morgan fingerprint density at radius 1 is 1.09 bits per heavy atom. The monoisotopic (exact) mass is 297 g/mol. The van der Waals surface area contributed by atoms with Gasteiger partial charge in [0, 0.05) is 24.5 Å². The lowest BCUT2D eigenvalue weighted by atomic mass is 10.1. The molecule has 0 unspecified atom stereocenters. The Kier molecular flexibility index (Phi) is 5.83. The molecule has 0 aliphatic rings. The Morgan fingerprint density at radius 2 is 1.86 bits per heavy atom. The molecular formula is C18H23N3O. The van der Waals surface area contributed by atoms with Gasteiger partial charge in [-0.05, 0) is 36.6 Å². The normalized spacial score (nSPS) is 10.2. The number of amides is 1. The Balaban J connectivity index is 2.02. The maximum Gasteiger partial charge on any atom is 0.253 e. The molecule has 2 aromatic carbocycles. The van der Waals surface area contributed by atoms with E-state index in [1.807, 2.05) is 31.2 Å². The predicted molar refractivity (Wildman–Crippen MR) is 92.1 cm³/mol. The third-order valence-corrected chi connectivity index (χ3v) is 3.40. The fraction of sp³-hybridized carbons (Fsp3) is 0.278. The minimum Gasteiger partial charge on any atom is -0.399 e. The number of nitrogens with two attached hydrogens (primary N) is 1. The smallest absolute Gasteiger partial charge is 0.253 e. The first kappa shape index (κ1) is 15.9. The number of nitrogen functional groups attached to an aromatic ring is 1. The summed E-state index contributed by atoms with van der Waals surface area (Å²) in [7, 11) is 0. The highest BCUT2D eigenvalue weighted by Gasteiger charge is 2.11. The molecule has 4 heteroatoms. The average molecular weight is 297 g/mol. The molecule has 4 N–H and O–H groups in total. The third kappa shape index (κ3) is 4.52. The summed E-state index contributed by atoms with van der Waals surface area (Å²) in [5, 5.41) is 6.22. The van der Waals surface area contributed by atoms with Crippen LogP contribution in [0.25, 0.3) is 0 Å². The number of anilines is 2. The average Bonchev–Trinajstić information content (AvgIpc) is 2.55. The molecule has 0 atom stereocenters. The lowest BCUT2D eigenvalue weighted by Crippen LogP contribution is -2.25. The lowest BCUT2D eigenvalue weighted by Gasteiger charge is -2.13. The molecule has 0 bridgehead atoms. The van der Waals surface area contributed by atoms with E-state index in [1.54, 1.807) is 12.1 Å². The van der Waals surface area contributed by atoms with Crippen molar-refractivity contribution in [2.24, 2.45) is 0 Å². The molecule has 1 amide bonds. The number of benzene rings is 2. The van der Waals surface area contributed by atoms with Crippen molar-refractivity contribution >= 4 is 17.3 Å². The molecule has 0 heterocycles. The van der Waals surface area contributed by atoms with Gasteiger partial charge in [0.15, 0.2) is 0 Å². The van der Waals surface area contributed by atoms with Gasteiger partial charge in [-0.3, -0.25) is 4.79 Å². The van der Waals surface area contributed by atoms with Crippen molar-refractivity contribution in [2.45, 2.75) is 19.8 Å². The van der Waals surface area contributed by atoms with Gasteiger partial charge in [0.2, 0.25) is 0 Å². The molecular weight excluding hydrogens is 274 g/mol. The van der Waals surface area contributed by atoms with E-state index in [0.29, 0.717) is 17.8 Å². The number of carbonyl (C=O) groups is 1. The molecule has 116 valence electrons. The molecule has 0 aromatic heterocycles. The van der Waals surface area contributed by atoms with Crippen molar-refractivity contribution in [3.63, 3.8) is 0 Å². The van der Waals surface area contributed by atoms with Crippen LogP contribution >= 0.6 is 0 Å². The molecule has 0 spiro atoms. The number of rotatable bonds is 7. The van der Waals surface area contributed by atoms with Gasteiger partial charge in [0.25, 0.3) is 5.91 Å². The minimum atomic E-state index is -0.0867. The molecule has 0 aliphatic carbocycles. The Bertz CT molecular complexity index is 611. The molecule has 2 aromatic rings. The first-order valence-electron chi connectivity index (χ1n) is 7.66. The van der Waals surface area contributed by atoms with Gasteiger partial charge in [0.05, 0.1) is 5.56 Å². The molecule has 0 saturated heterocycles. The fourth-order valence-corrected chi connectivity index (χ4v) is 2.22. The summed E-state index contributed by atoms with van der Waals surface area (Å²) < 4.78 is 0. The first-order chi connectivity index (χ1) is 10.7. The van der Waals surface area contributed by atoms with E-state index in [9.17, 15) is 4.79 Å². The lowest BCUT2D eigenvalue weighted by molar-refractivity contribution is 0.0954. The van der Waals surface area contributed by atoms with Crippen LogP contribution in [0.15, 0.2) is 48.5 Å². The summed E-state index contributed by atoms with van der Waals surface area (Å²) in [5.74, 6) is -0.0867. The largest absolute Gasteiger partial charge is 0.399 e. The Hall–Kier alpha value is -2.49. The maximum atomic E-state index is 12.2. The van der Waals surface area contributed by atoms with Crippen LogP contribution < -0.4 is 16.4 Å². The van der Waals surface area contributed by atoms with Crippen LogP contribution in [-0.4, -0.2) is 19.0 Å². The topological polar surface area (TPSA) is 67.2 Å². The molecule has 22 heavy (non-hydrogen) atoms. The van der Waals surface area contributed by atoms with E-state index < -0.39 is 0 Å². The van der Waals surface area contributed by atoms with Crippen LogP contribution in [0.2, 0.25) is 0 Å².